The highest BCUT2D eigenvalue weighted by Gasteiger charge is 2.33. The van der Waals surface area contributed by atoms with Gasteiger partial charge in [-0.25, -0.2) is 0 Å². The van der Waals surface area contributed by atoms with E-state index in [1.165, 1.54) is 77.0 Å². The number of amides is 2. The molecule has 2 amide bonds. The Bertz CT molecular complexity index is 460. The summed E-state index contributed by atoms with van der Waals surface area (Å²) in [7, 11) is 1.60. The van der Waals surface area contributed by atoms with Crippen molar-refractivity contribution < 1.29 is 9.59 Å². The number of carbonyl (C=O) groups is 2. The van der Waals surface area contributed by atoms with Gasteiger partial charge >= 0.3 is 0 Å². The van der Waals surface area contributed by atoms with E-state index in [2.05, 4.69) is 17.6 Å². The third-order valence-corrected chi connectivity index (χ3v) is 6.22. The van der Waals surface area contributed by atoms with Gasteiger partial charge in [0.2, 0.25) is 11.8 Å². The maximum absolute atomic E-state index is 12.6. The molecule has 0 aliphatic rings. The van der Waals surface area contributed by atoms with Crippen LogP contribution in [0.3, 0.4) is 0 Å². The lowest BCUT2D eigenvalue weighted by Crippen LogP contribution is -2.54. The molecule has 1 unspecified atom stereocenters. The third-order valence-electron chi connectivity index (χ3n) is 6.22. The van der Waals surface area contributed by atoms with Crippen LogP contribution in [0, 0.1) is 11.3 Å². The fourth-order valence-corrected chi connectivity index (χ4v) is 4.02. The molecule has 0 aliphatic carbocycles. The molecule has 0 fully saturated rings. The summed E-state index contributed by atoms with van der Waals surface area (Å²) in [6, 6.07) is -0.546. The molecule has 0 aromatic rings. The van der Waals surface area contributed by atoms with Gasteiger partial charge in [0.1, 0.15) is 6.04 Å². The summed E-state index contributed by atoms with van der Waals surface area (Å²) >= 11 is 0. The van der Waals surface area contributed by atoms with Gasteiger partial charge in [-0.1, -0.05) is 118 Å². The molecule has 0 bridgehead atoms. The van der Waals surface area contributed by atoms with Gasteiger partial charge in [-0.2, -0.15) is 0 Å². The topological polar surface area (TPSA) is 84.2 Å². The van der Waals surface area contributed by atoms with Crippen molar-refractivity contribution in [3.63, 3.8) is 0 Å². The van der Waals surface area contributed by atoms with Crippen LogP contribution in [0.5, 0.6) is 0 Å². The Kier molecular flexibility index (Phi) is 17.8. The van der Waals surface area contributed by atoms with Crippen LogP contribution < -0.4 is 16.4 Å². The van der Waals surface area contributed by atoms with E-state index in [0.29, 0.717) is 6.54 Å². The molecule has 0 saturated heterocycles. The summed E-state index contributed by atoms with van der Waals surface area (Å²) in [5.41, 5.74) is 5.52. The Morgan fingerprint density at radius 3 is 1.52 bits per heavy atom. The fourth-order valence-electron chi connectivity index (χ4n) is 4.02. The lowest BCUT2D eigenvalue weighted by Gasteiger charge is -2.31. The van der Waals surface area contributed by atoms with E-state index in [0.717, 1.165) is 19.3 Å². The van der Waals surface area contributed by atoms with Gasteiger partial charge in [-0.3, -0.25) is 9.59 Å². The van der Waals surface area contributed by atoms with E-state index in [1.807, 2.05) is 20.8 Å². The molecule has 5 nitrogen and oxygen atoms in total. The Labute approximate surface area is 193 Å². The van der Waals surface area contributed by atoms with Crippen molar-refractivity contribution in [2.45, 2.75) is 130 Å². The second-order valence-electron chi connectivity index (χ2n) is 10.2. The Balaban J connectivity index is 3.87. The average Bonchev–Trinajstić information content (AvgIpc) is 2.73. The zero-order valence-electron chi connectivity index (χ0n) is 21.4. The normalized spacial score (nSPS) is 13.6. The quantitative estimate of drug-likeness (QED) is 0.225. The largest absolute Gasteiger partial charge is 0.357 e. The first kappa shape index (κ1) is 29.9. The van der Waals surface area contributed by atoms with Gasteiger partial charge in [0.25, 0.3) is 0 Å². The maximum Gasteiger partial charge on any atom is 0.242 e. The van der Waals surface area contributed by atoms with E-state index in [4.69, 9.17) is 5.73 Å². The van der Waals surface area contributed by atoms with Crippen molar-refractivity contribution in [3.05, 3.63) is 0 Å². The van der Waals surface area contributed by atoms with E-state index in [9.17, 15) is 9.59 Å². The third kappa shape index (κ3) is 15.4. The first-order valence-electron chi connectivity index (χ1n) is 13.0. The van der Waals surface area contributed by atoms with Crippen LogP contribution in [0.15, 0.2) is 0 Å². The van der Waals surface area contributed by atoms with Crippen molar-refractivity contribution in [3.8, 4) is 0 Å². The summed E-state index contributed by atoms with van der Waals surface area (Å²) in [5, 5.41) is 5.57. The molecule has 0 spiro atoms. The van der Waals surface area contributed by atoms with Crippen molar-refractivity contribution in [2.24, 2.45) is 17.1 Å². The van der Waals surface area contributed by atoms with Crippen LogP contribution in [0.25, 0.3) is 0 Å². The molecule has 2 atom stereocenters. The number of hydrogen-bond donors (Lipinski definition) is 3. The van der Waals surface area contributed by atoms with Gasteiger partial charge in [0, 0.05) is 13.6 Å². The Hall–Kier alpha value is -1.10. The summed E-state index contributed by atoms with van der Waals surface area (Å²) < 4.78 is 0. The molecule has 0 aromatic heterocycles. The van der Waals surface area contributed by atoms with E-state index in [-0.39, 0.29) is 23.1 Å². The number of nitrogens with two attached hydrogens (primary N) is 1. The van der Waals surface area contributed by atoms with Crippen LogP contribution in [-0.2, 0) is 9.59 Å². The lowest BCUT2D eigenvalue weighted by atomic mass is 9.85. The van der Waals surface area contributed by atoms with Gasteiger partial charge in [-0.15, -0.1) is 0 Å². The van der Waals surface area contributed by atoms with E-state index >= 15 is 0 Å². The number of carbonyl (C=O) groups excluding carboxylic acids is 2. The predicted octanol–water partition coefficient (Wildman–Crippen LogP) is 5.71. The number of unbranched alkanes of at least 4 members (excludes halogenated alkanes) is 13. The lowest BCUT2D eigenvalue weighted by molar-refractivity contribution is -0.133. The minimum absolute atomic E-state index is 0.0966. The average molecular weight is 440 g/mol. The van der Waals surface area contributed by atoms with Crippen LogP contribution >= 0.6 is 0 Å². The van der Waals surface area contributed by atoms with E-state index in [1.54, 1.807) is 7.05 Å². The van der Waals surface area contributed by atoms with Gasteiger partial charge in [0.15, 0.2) is 0 Å². The standard InChI is InChI=1S/C26H53N3O2/c1-6-7-8-9-10-11-12-13-14-15-16-17-18-19-20-22(21-27)24(30)29-23(25(31)28-5)26(2,3)4/h22-23H,6-21,27H2,1-5H3,(H,28,31)(H,29,30)/t22?,23-/m1/s1. The maximum atomic E-state index is 12.6. The van der Waals surface area contributed by atoms with Crippen LogP contribution in [0.2, 0.25) is 0 Å². The first-order chi connectivity index (χ1) is 14.8. The van der Waals surface area contributed by atoms with Crippen molar-refractivity contribution in [1.29, 1.82) is 0 Å². The molecule has 0 radical (unpaired) electrons. The zero-order valence-corrected chi connectivity index (χ0v) is 21.4. The monoisotopic (exact) mass is 439 g/mol. The SMILES string of the molecule is CCCCCCCCCCCCCCCCC(CN)C(=O)N[C@H](C(=O)NC)C(C)(C)C. The molecule has 0 heterocycles. The molecule has 5 heteroatoms. The second-order valence-corrected chi connectivity index (χ2v) is 10.2. The fraction of sp³-hybridized carbons (Fsp3) is 0.923. The summed E-state index contributed by atoms with van der Waals surface area (Å²) in [5.74, 6) is -0.472. The molecular weight excluding hydrogens is 386 g/mol. The van der Waals surface area contributed by atoms with Gasteiger partial charge < -0.3 is 16.4 Å². The van der Waals surface area contributed by atoms with E-state index < -0.39 is 6.04 Å². The minimum atomic E-state index is -0.546. The molecule has 0 saturated carbocycles. The predicted molar refractivity (Wildman–Crippen MR) is 133 cm³/mol. The zero-order chi connectivity index (χ0) is 23.5. The molecule has 0 aliphatic heterocycles. The number of hydrogen-bond acceptors (Lipinski definition) is 3. The summed E-state index contributed by atoms with van der Waals surface area (Å²) in [4.78, 5) is 24.8. The molecule has 31 heavy (non-hydrogen) atoms. The Morgan fingerprint density at radius 1 is 0.742 bits per heavy atom. The minimum Gasteiger partial charge on any atom is -0.357 e. The van der Waals surface area contributed by atoms with Crippen molar-refractivity contribution >= 4 is 11.8 Å². The second kappa shape index (κ2) is 18.5. The first-order valence-corrected chi connectivity index (χ1v) is 13.0. The van der Waals surface area contributed by atoms with Crippen LogP contribution in [0.1, 0.15) is 124 Å². The molecule has 0 rings (SSSR count). The number of likely N-dealkylation sites (N-methyl/N-ethyl adjacent to an activating group) is 1. The highest BCUT2D eigenvalue weighted by atomic mass is 16.2. The Morgan fingerprint density at radius 2 is 1.16 bits per heavy atom. The molecular formula is C26H53N3O2. The van der Waals surface area contributed by atoms with Crippen molar-refractivity contribution in [1.82, 2.24) is 10.6 Å². The molecule has 4 N–H and O–H groups in total. The summed E-state index contributed by atoms with van der Waals surface area (Å²) in [6.45, 7) is 8.47. The van der Waals surface area contributed by atoms with Gasteiger partial charge in [-0.05, 0) is 11.8 Å². The van der Waals surface area contributed by atoms with Crippen LogP contribution in [-0.4, -0.2) is 31.4 Å². The smallest absolute Gasteiger partial charge is 0.242 e. The molecule has 0 aromatic carbocycles. The molecule has 184 valence electrons. The highest BCUT2D eigenvalue weighted by Crippen LogP contribution is 2.21. The number of rotatable bonds is 19. The van der Waals surface area contributed by atoms with Gasteiger partial charge in [0.05, 0.1) is 5.92 Å². The van der Waals surface area contributed by atoms with Crippen molar-refractivity contribution in [2.75, 3.05) is 13.6 Å². The van der Waals surface area contributed by atoms with Crippen LogP contribution in [0.4, 0.5) is 0 Å². The highest BCUT2D eigenvalue weighted by molar-refractivity contribution is 5.89. The summed E-state index contributed by atoms with van der Waals surface area (Å²) in [6.07, 6.45) is 19.3. The number of nitrogens with one attached hydrogen (secondary N) is 2.